The van der Waals surface area contributed by atoms with Crippen LogP contribution in [0.25, 0.3) is 0 Å². The van der Waals surface area contributed by atoms with E-state index in [1.54, 1.807) is 26.5 Å². The van der Waals surface area contributed by atoms with Crippen molar-refractivity contribution in [2.45, 2.75) is 38.5 Å². The largest absolute Gasteiger partial charge is 0.496 e. The van der Waals surface area contributed by atoms with E-state index in [1.165, 1.54) is 12.8 Å². The molecule has 1 amide bonds. The fraction of sp³-hybridized carbons (Fsp3) is 0.522. The highest BCUT2D eigenvalue weighted by Gasteiger charge is 2.28. The van der Waals surface area contributed by atoms with Gasteiger partial charge in [0.2, 0.25) is 0 Å². The lowest BCUT2D eigenvalue weighted by atomic mass is 9.89. The van der Waals surface area contributed by atoms with Gasteiger partial charge in [0.25, 0.3) is 5.91 Å². The van der Waals surface area contributed by atoms with Crippen LogP contribution in [-0.2, 0) is 0 Å². The molecule has 0 spiro atoms. The summed E-state index contributed by atoms with van der Waals surface area (Å²) in [5.74, 6) is 2.92. The molecule has 7 nitrogen and oxygen atoms in total. The van der Waals surface area contributed by atoms with Gasteiger partial charge in [0.05, 0.1) is 27.0 Å². The van der Waals surface area contributed by atoms with Gasteiger partial charge in [0, 0.05) is 42.7 Å². The lowest BCUT2D eigenvalue weighted by molar-refractivity contribution is 0.0706. The van der Waals surface area contributed by atoms with E-state index >= 15 is 0 Å². The molecule has 0 bridgehead atoms. The Morgan fingerprint density at radius 1 is 1.00 bits per heavy atom. The fourth-order valence-electron chi connectivity index (χ4n) is 3.89. The van der Waals surface area contributed by atoms with Crippen molar-refractivity contribution in [3.8, 4) is 17.2 Å². The van der Waals surface area contributed by atoms with Gasteiger partial charge in [-0.05, 0) is 44.4 Å². The van der Waals surface area contributed by atoms with E-state index in [0.29, 0.717) is 48.7 Å². The van der Waals surface area contributed by atoms with Crippen molar-refractivity contribution in [3.05, 3.63) is 41.5 Å². The van der Waals surface area contributed by atoms with E-state index in [0.717, 1.165) is 29.8 Å². The average Bonchev–Trinajstić information content (AvgIpc) is 3.61. The van der Waals surface area contributed by atoms with Crippen LogP contribution in [0.15, 0.2) is 24.5 Å². The Bertz CT molecular complexity index is 905. The lowest BCUT2D eigenvalue weighted by Crippen LogP contribution is -2.38. The summed E-state index contributed by atoms with van der Waals surface area (Å²) in [6.07, 6.45) is 7.67. The smallest absolute Gasteiger partial charge is 0.272 e. The molecule has 0 N–H and O–H groups in total. The van der Waals surface area contributed by atoms with Crippen LogP contribution in [0.3, 0.4) is 0 Å². The first kappa shape index (κ1) is 20.4. The van der Waals surface area contributed by atoms with E-state index in [1.807, 2.05) is 24.1 Å². The maximum atomic E-state index is 13.0. The van der Waals surface area contributed by atoms with Crippen LogP contribution in [0.1, 0.15) is 53.3 Å². The molecule has 30 heavy (non-hydrogen) atoms. The molecule has 160 valence electrons. The van der Waals surface area contributed by atoms with Gasteiger partial charge in [-0.3, -0.25) is 9.78 Å². The second kappa shape index (κ2) is 8.90. The summed E-state index contributed by atoms with van der Waals surface area (Å²) in [5, 5.41) is 0. The molecule has 2 aliphatic rings. The van der Waals surface area contributed by atoms with Crippen LogP contribution >= 0.6 is 0 Å². The molecular weight excluding hydrogens is 382 g/mol. The van der Waals surface area contributed by atoms with Gasteiger partial charge >= 0.3 is 0 Å². The minimum atomic E-state index is -0.0745. The Morgan fingerprint density at radius 2 is 1.73 bits per heavy atom. The molecule has 7 heteroatoms. The topological polar surface area (TPSA) is 73.8 Å². The number of amides is 1. The first-order valence-corrected chi connectivity index (χ1v) is 10.6. The number of likely N-dealkylation sites (tertiary alicyclic amines) is 1. The average molecular weight is 412 g/mol. The highest BCUT2D eigenvalue weighted by molar-refractivity contribution is 5.93. The number of aromatic nitrogens is 2. The molecule has 2 fully saturated rings. The van der Waals surface area contributed by atoms with Gasteiger partial charge in [-0.1, -0.05) is 0 Å². The molecule has 0 aromatic carbocycles. The zero-order valence-corrected chi connectivity index (χ0v) is 17.9. The number of methoxy groups -OCH3 is 2. The second-order valence-electron chi connectivity index (χ2n) is 8.11. The molecule has 0 atom stereocenters. The van der Waals surface area contributed by atoms with Crippen molar-refractivity contribution in [2.75, 3.05) is 33.9 Å². The van der Waals surface area contributed by atoms with E-state index < -0.39 is 0 Å². The Hall–Kier alpha value is -2.83. The van der Waals surface area contributed by atoms with Crippen LogP contribution in [0.4, 0.5) is 0 Å². The number of hydrogen-bond donors (Lipinski definition) is 0. The highest BCUT2D eigenvalue weighted by Crippen LogP contribution is 2.35. The predicted octanol–water partition coefficient (Wildman–Crippen LogP) is 3.61. The second-order valence-corrected chi connectivity index (χ2v) is 8.11. The summed E-state index contributed by atoms with van der Waals surface area (Å²) < 4.78 is 16.8. The number of hydrogen-bond acceptors (Lipinski definition) is 6. The molecule has 4 rings (SSSR count). The zero-order valence-electron chi connectivity index (χ0n) is 17.9. The molecule has 1 saturated carbocycles. The van der Waals surface area contributed by atoms with Gasteiger partial charge in [-0.25, -0.2) is 4.98 Å². The van der Waals surface area contributed by atoms with Gasteiger partial charge in [0.15, 0.2) is 11.5 Å². The Labute approximate surface area is 177 Å². The lowest BCUT2D eigenvalue weighted by Gasteiger charge is -2.32. The number of rotatable bonds is 7. The summed E-state index contributed by atoms with van der Waals surface area (Å²) in [6.45, 7) is 3.97. The zero-order chi connectivity index (χ0) is 21.1. The summed E-state index contributed by atoms with van der Waals surface area (Å²) in [6, 6.07) is 3.65. The normalized spacial score (nSPS) is 17.0. The van der Waals surface area contributed by atoms with Gasteiger partial charge in [-0.15, -0.1) is 0 Å². The van der Waals surface area contributed by atoms with Crippen molar-refractivity contribution < 1.29 is 19.0 Å². The number of nitrogens with zero attached hydrogens (tertiary/aromatic N) is 3. The van der Waals surface area contributed by atoms with E-state index in [9.17, 15) is 4.79 Å². The number of carbonyl (C=O) groups excluding carboxylic acids is 1. The summed E-state index contributed by atoms with van der Waals surface area (Å²) in [4.78, 5) is 23.6. The first-order valence-electron chi connectivity index (χ1n) is 10.6. The van der Waals surface area contributed by atoms with E-state index in [-0.39, 0.29) is 5.91 Å². The third kappa shape index (κ3) is 4.50. The third-order valence-electron chi connectivity index (χ3n) is 5.92. The minimum absolute atomic E-state index is 0.0745. The number of pyridine rings is 2. The molecule has 2 aromatic rings. The van der Waals surface area contributed by atoms with Crippen LogP contribution in [0.5, 0.6) is 17.2 Å². The van der Waals surface area contributed by atoms with E-state index in [2.05, 4.69) is 9.97 Å². The SMILES string of the molecule is COc1cc(C(=O)N2CCC(c3cnc(C)cc3OC)CC2)ncc1OCC1CC1. The molecular formula is C23H29N3O4. The van der Waals surface area contributed by atoms with Crippen molar-refractivity contribution in [1.29, 1.82) is 0 Å². The van der Waals surface area contributed by atoms with Crippen molar-refractivity contribution >= 4 is 5.91 Å². The number of piperidine rings is 1. The molecule has 1 aliphatic carbocycles. The van der Waals surface area contributed by atoms with Gasteiger partial charge in [-0.2, -0.15) is 0 Å². The molecule has 1 saturated heterocycles. The minimum Gasteiger partial charge on any atom is -0.496 e. The molecule has 3 heterocycles. The number of ether oxygens (including phenoxy) is 3. The maximum absolute atomic E-state index is 13.0. The van der Waals surface area contributed by atoms with Crippen LogP contribution < -0.4 is 14.2 Å². The quantitative estimate of drug-likeness (QED) is 0.693. The van der Waals surface area contributed by atoms with Crippen molar-refractivity contribution in [3.63, 3.8) is 0 Å². The fourth-order valence-corrected chi connectivity index (χ4v) is 3.89. The monoisotopic (exact) mass is 411 g/mol. The predicted molar refractivity (Wildman–Crippen MR) is 112 cm³/mol. The summed E-state index contributed by atoms with van der Waals surface area (Å²) >= 11 is 0. The standard InChI is InChI=1S/C23H29N3O4/c1-15-10-20(28-2)18(12-24-15)17-6-8-26(9-7-17)23(27)19-11-21(29-3)22(13-25-19)30-14-16-4-5-16/h10-13,16-17H,4-9,14H2,1-3H3. The van der Waals surface area contributed by atoms with Crippen LogP contribution in [0, 0.1) is 12.8 Å². The highest BCUT2D eigenvalue weighted by atomic mass is 16.5. The number of carbonyl (C=O) groups is 1. The first-order chi connectivity index (χ1) is 14.6. The Kier molecular flexibility index (Phi) is 6.06. The summed E-state index contributed by atoms with van der Waals surface area (Å²) in [5.41, 5.74) is 2.44. The molecule has 0 radical (unpaired) electrons. The molecule has 0 unspecified atom stereocenters. The van der Waals surface area contributed by atoms with Crippen molar-refractivity contribution in [1.82, 2.24) is 14.9 Å². The van der Waals surface area contributed by atoms with Crippen LogP contribution in [-0.4, -0.2) is 54.7 Å². The maximum Gasteiger partial charge on any atom is 0.272 e. The molecule has 1 aliphatic heterocycles. The summed E-state index contributed by atoms with van der Waals surface area (Å²) in [7, 11) is 3.27. The van der Waals surface area contributed by atoms with Crippen LogP contribution in [0.2, 0.25) is 0 Å². The Balaban J connectivity index is 1.40. The van der Waals surface area contributed by atoms with Gasteiger partial charge in [0.1, 0.15) is 11.4 Å². The van der Waals surface area contributed by atoms with E-state index in [4.69, 9.17) is 14.2 Å². The van der Waals surface area contributed by atoms with Gasteiger partial charge < -0.3 is 19.1 Å². The van der Waals surface area contributed by atoms with Crippen molar-refractivity contribution in [2.24, 2.45) is 5.92 Å². The Morgan fingerprint density at radius 3 is 2.40 bits per heavy atom. The molecule has 2 aromatic heterocycles. The third-order valence-corrected chi connectivity index (χ3v) is 5.92. The number of aryl methyl sites for hydroxylation is 1.